The number of hydrogen-bond donors (Lipinski definition) is 0. The molecular formula is C8H11NSSi. The molecule has 0 aromatic carbocycles. The lowest BCUT2D eigenvalue weighted by Crippen LogP contribution is -2.36. The van der Waals surface area contributed by atoms with Crippen LogP contribution in [0, 0.1) is 11.3 Å². The molecule has 0 spiro atoms. The summed E-state index contributed by atoms with van der Waals surface area (Å²) in [7, 11) is -1.17. The van der Waals surface area contributed by atoms with Crippen LogP contribution in [-0.4, -0.2) is 8.07 Å². The molecule has 1 heterocycles. The highest BCUT2D eigenvalue weighted by Crippen LogP contribution is 2.10. The van der Waals surface area contributed by atoms with Crippen LogP contribution in [-0.2, 0) is 0 Å². The first-order valence-electron chi connectivity index (χ1n) is 3.53. The molecule has 1 rings (SSSR count). The highest BCUT2D eigenvalue weighted by molar-refractivity contribution is 7.12. The third kappa shape index (κ3) is 1.92. The van der Waals surface area contributed by atoms with Crippen molar-refractivity contribution in [1.29, 1.82) is 5.26 Å². The van der Waals surface area contributed by atoms with Gasteiger partial charge in [0.1, 0.15) is 10.9 Å². The fourth-order valence-electron chi connectivity index (χ4n) is 0.788. The Morgan fingerprint density at radius 1 is 1.45 bits per heavy atom. The van der Waals surface area contributed by atoms with Crippen molar-refractivity contribution in [3.05, 3.63) is 16.3 Å². The van der Waals surface area contributed by atoms with E-state index in [9.17, 15) is 0 Å². The van der Waals surface area contributed by atoms with E-state index >= 15 is 0 Å². The highest BCUT2D eigenvalue weighted by atomic mass is 32.1. The first-order valence-corrected chi connectivity index (χ1v) is 7.91. The van der Waals surface area contributed by atoms with Gasteiger partial charge in [0.15, 0.2) is 0 Å². The molecule has 0 saturated carbocycles. The Morgan fingerprint density at radius 2 is 2.09 bits per heavy atom. The molecule has 0 radical (unpaired) electrons. The first kappa shape index (κ1) is 8.50. The van der Waals surface area contributed by atoms with E-state index in [1.807, 2.05) is 6.07 Å². The molecule has 1 aromatic rings. The zero-order valence-electron chi connectivity index (χ0n) is 7.01. The van der Waals surface area contributed by atoms with Crippen molar-refractivity contribution in [2.45, 2.75) is 19.6 Å². The molecule has 0 aliphatic heterocycles. The maximum atomic E-state index is 8.59. The van der Waals surface area contributed by atoms with E-state index in [-0.39, 0.29) is 0 Å². The summed E-state index contributed by atoms with van der Waals surface area (Å²) in [5.74, 6) is 0. The topological polar surface area (TPSA) is 23.8 Å². The molecule has 0 fully saturated rings. The van der Waals surface area contributed by atoms with Gasteiger partial charge in [0.2, 0.25) is 0 Å². The van der Waals surface area contributed by atoms with Gasteiger partial charge in [-0.05, 0) is 16.6 Å². The molecule has 58 valence electrons. The van der Waals surface area contributed by atoms with Gasteiger partial charge in [-0.2, -0.15) is 5.26 Å². The predicted octanol–water partition coefficient (Wildman–Crippen LogP) is 2.16. The third-order valence-corrected chi connectivity index (χ3v) is 4.64. The number of hydrogen-bond acceptors (Lipinski definition) is 2. The van der Waals surface area contributed by atoms with E-state index in [0.29, 0.717) is 0 Å². The van der Waals surface area contributed by atoms with E-state index in [1.165, 1.54) is 5.19 Å². The van der Waals surface area contributed by atoms with Crippen LogP contribution in [0.3, 0.4) is 0 Å². The Kier molecular flexibility index (Phi) is 2.17. The molecule has 11 heavy (non-hydrogen) atoms. The van der Waals surface area contributed by atoms with Gasteiger partial charge in [0.05, 0.1) is 8.07 Å². The maximum Gasteiger partial charge on any atom is 0.110 e. The van der Waals surface area contributed by atoms with Gasteiger partial charge in [-0.3, -0.25) is 0 Å². The zero-order valence-corrected chi connectivity index (χ0v) is 8.83. The first-order chi connectivity index (χ1) is 5.04. The van der Waals surface area contributed by atoms with Crippen molar-refractivity contribution in [3.8, 4) is 6.07 Å². The van der Waals surface area contributed by atoms with Gasteiger partial charge in [0, 0.05) is 0 Å². The fourth-order valence-corrected chi connectivity index (χ4v) is 3.63. The molecule has 0 saturated heterocycles. The maximum absolute atomic E-state index is 8.59. The molecule has 0 bridgehead atoms. The molecule has 0 N–H and O–H groups in total. The minimum atomic E-state index is -1.17. The third-order valence-electron chi connectivity index (χ3n) is 1.58. The summed E-state index contributed by atoms with van der Waals surface area (Å²) in [4.78, 5) is 0.836. The summed E-state index contributed by atoms with van der Waals surface area (Å²) in [6.45, 7) is 6.86. The van der Waals surface area contributed by atoms with Gasteiger partial charge < -0.3 is 0 Å². The van der Waals surface area contributed by atoms with Crippen molar-refractivity contribution < 1.29 is 0 Å². The van der Waals surface area contributed by atoms with E-state index in [4.69, 9.17) is 5.26 Å². The number of thiophene rings is 1. The summed E-state index contributed by atoms with van der Waals surface area (Å²) >= 11 is 1.55. The Balaban J connectivity index is 3.01. The molecule has 0 unspecified atom stereocenters. The standard InChI is InChI=1S/C8H11NSSi/c1-11(2,3)8-4-7(5-9)10-6-8/h4,6H,1-3H3. The van der Waals surface area contributed by atoms with Crippen molar-refractivity contribution in [1.82, 2.24) is 0 Å². The van der Waals surface area contributed by atoms with Crippen LogP contribution in [0.1, 0.15) is 4.88 Å². The molecule has 0 aliphatic rings. The molecule has 0 aliphatic carbocycles. The molecule has 1 nitrogen and oxygen atoms in total. The minimum Gasteiger partial charge on any atom is -0.192 e. The predicted molar refractivity (Wildman–Crippen MR) is 52.0 cm³/mol. The minimum absolute atomic E-state index is 0.836. The summed E-state index contributed by atoms with van der Waals surface area (Å²) < 4.78 is 0. The normalized spacial score (nSPS) is 11.1. The second kappa shape index (κ2) is 2.80. The summed E-state index contributed by atoms with van der Waals surface area (Å²) in [5, 5.41) is 12.1. The van der Waals surface area contributed by atoms with Gasteiger partial charge in [-0.1, -0.05) is 19.6 Å². The Bertz CT molecular complexity index is 290. The number of nitriles is 1. The van der Waals surface area contributed by atoms with Crippen LogP contribution in [0.2, 0.25) is 19.6 Å². The lowest BCUT2D eigenvalue weighted by Gasteiger charge is -2.12. The largest absolute Gasteiger partial charge is 0.192 e. The van der Waals surface area contributed by atoms with E-state index < -0.39 is 8.07 Å². The van der Waals surface area contributed by atoms with Crippen LogP contribution >= 0.6 is 11.3 Å². The molecule has 0 atom stereocenters. The van der Waals surface area contributed by atoms with E-state index in [2.05, 4.69) is 31.1 Å². The number of nitrogens with zero attached hydrogens (tertiary/aromatic N) is 1. The van der Waals surface area contributed by atoms with Crippen molar-refractivity contribution in [2.75, 3.05) is 0 Å². The van der Waals surface area contributed by atoms with Gasteiger partial charge in [-0.15, -0.1) is 11.3 Å². The monoisotopic (exact) mass is 181 g/mol. The van der Waals surface area contributed by atoms with E-state index in [1.54, 1.807) is 11.3 Å². The zero-order chi connectivity index (χ0) is 8.48. The van der Waals surface area contributed by atoms with Crippen LogP contribution in [0.4, 0.5) is 0 Å². The van der Waals surface area contributed by atoms with Crippen LogP contribution in [0.25, 0.3) is 0 Å². The smallest absolute Gasteiger partial charge is 0.110 e. The van der Waals surface area contributed by atoms with Gasteiger partial charge >= 0.3 is 0 Å². The Hall–Kier alpha value is -0.593. The Morgan fingerprint density at radius 3 is 2.36 bits per heavy atom. The van der Waals surface area contributed by atoms with Crippen LogP contribution in [0.15, 0.2) is 11.4 Å². The van der Waals surface area contributed by atoms with Crippen LogP contribution in [0.5, 0.6) is 0 Å². The average molecular weight is 181 g/mol. The Labute approximate surface area is 72.3 Å². The second-order valence-corrected chi connectivity index (χ2v) is 9.55. The summed E-state index contributed by atoms with van der Waals surface area (Å²) in [5.41, 5.74) is 0. The quantitative estimate of drug-likeness (QED) is 0.609. The second-order valence-electron chi connectivity index (χ2n) is 3.56. The molecule has 3 heteroatoms. The molecular weight excluding hydrogens is 170 g/mol. The SMILES string of the molecule is C[Si](C)(C)c1csc(C#N)c1. The van der Waals surface area contributed by atoms with E-state index in [0.717, 1.165) is 4.88 Å². The highest BCUT2D eigenvalue weighted by Gasteiger charge is 2.17. The summed E-state index contributed by atoms with van der Waals surface area (Å²) in [6.07, 6.45) is 0. The number of rotatable bonds is 1. The average Bonchev–Trinajstić information content (AvgIpc) is 2.32. The molecule has 0 amide bonds. The summed E-state index contributed by atoms with van der Waals surface area (Å²) in [6, 6.07) is 4.18. The van der Waals surface area contributed by atoms with Crippen molar-refractivity contribution >= 4 is 24.6 Å². The van der Waals surface area contributed by atoms with Crippen molar-refractivity contribution in [2.24, 2.45) is 0 Å². The van der Waals surface area contributed by atoms with Crippen LogP contribution < -0.4 is 5.19 Å². The van der Waals surface area contributed by atoms with Gasteiger partial charge in [0.25, 0.3) is 0 Å². The van der Waals surface area contributed by atoms with Crippen molar-refractivity contribution in [3.63, 3.8) is 0 Å². The lowest BCUT2D eigenvalue weighted by atomic mass is 10.5. The fraction of sp³-hybridized carbons (Fsp3) is 0.375. The van der Waals surface area contributed by atoms with Gasteiger partial charge in [-0.25, -0.2) is 0 Å². The molecule has 1 aromatic heterocycles. The lowest BCUT2D eigenvalue weighted by molar-refractivity contribution is 1.52.